The van der Waals surface area contributed by atoms with Gasteiger partial charge in [0.2, 0.25) is 11.8 Å². The van der Waals surface area contributed by atoms with Crippen molar-refractivity contribution in [1.29, 1.82) is 0 Å². The molecule has 1 aliphatic heterocycles. The first-order chi connectivity index (χ1) is 15.0. The molecule has 0 saturated carbocycles. The molecule has 0 radical (unpaired) electrons. The first-order valence-electron chi connectivity index (χ1n) is 11.0. The number of carbonyl (C=O) groups is 2. The van der Waals surface area contributed by atoms with Crippen LogP contribution in [0.3, 0.4) is 0 Å². The Hall–Kier alpha value is -3.16. The molecule has 1 fully saturated rings. The molecule has 31 heavy (non-hydrogen) atoms. The summed E-state index contributed by atoms with van der Waals surface area (Å²) in [5.74, 6) is 0.491. The maximum Gasteiger partial charge on any atom is 0.224 e. The first kappa shape index (κ1) is 21.1. The fourth-order valence-electron chi connectivity index (χ4n) is 4.21. The van der Waals surface area contributed by atoms with Crippen LogP contribution in [0.2, 0.25) is 0 Å². The normalized spacial score (nSPS) is 14.8. The fourth-order valence-corrected chi connectivity index (χ4v) is 4.21. The number of fused-ring (bicyclic) bond motifs is 1. The lowest BCUT2D eigenvalue weighted by molar-refractivity contribution is -0.132. The molecule has 8 heteroatoms. The molecule has 164 valence electrons. The number of piperidine rings is 1. The molecule has 1 saturated heterocycles. The highest BCUT2D eigenvalue weighted by molar-refractivity contribution is 5.93. The minimum Gasteiger partial charge on any atom is -0.343 e. The molecular weight excluding hydrogens is 392 g/mol. The second kappa shape index (κ2) is 9.32. The zero-order valence-corrected chi connectivity index (χ0v) is 18.3. The minimum absolute atomic E-state index is 0.0214. The van der Waals surface area contributed by atoms with Gasteiger partial charge in [-0.05, 0) is 56.9 Å². The van der Waals surface area contributed by atoms with Crippen LogP contribution in [0.25, 0.3) is 11.0 Å². The minimum atomic E-state index is 0.0214. The van der Waals surface area contributed by atoms with Crippen LogP contribution in [0.4, 0.5) is 5.69 Å². The number of nitrogens with zero attached hydrogens (tertiary/aromatic N) is 5. The van der Waals surface area contributed by atoms with E-state index in [1.807, 2.05) is 53.3 Å². The van der Waals surface area contributed by atoms with Crippen LogP contribution < -0.4 is 5.32 Å². The summed E-state index contributed by atoms with van der Waals surface area (Å²) in [6, 6.07) is 7.78. The van der Waals surface area contributed by atoms with Gasteiger partial charge in [-0.15, -0.1) is 0 Å². The quantitative estimate of drug-likeness (QED) is 0.634. The molecule has 0 spiro atoms. The van der Waals surface area contributed by atoms with Crippen LogP contribution >= 0.6 is 0 Å². The van der Waals surface area contributed by atoms with Gasteiger partial charge in [0, 0.05) is 50.9 Å². The maximum atomic E-state index is 12.5. The van der Waals surface area contributed by atoms with E-state index in [1.165, 1.54) is 0 Å². The van der Waals surface area contributed by atoms with Gasteiger partial charge in [0.15, 0.2) is 0 Å². The summed E-state index contributed by atoms with van der Waals surface area (Å²) in [6.07, 6.45) is 6.39. The number of imidazole rings is 1. The number of amides is 2. The van der Waals surface area contributed by atoms with Crippen LogP contribution in [0.1, 0.15) is 38.3 Å². The van der Waals surface area contributed by atoms with Crippen LogP contribution in [-0.4, -0.2) is 49.1 Å². The van der Waals surface area contributed by atoms with E-state index in [0.29, 0.717) is 25.3 Å². The second-order valence-electron chi connectivity index (χ2n) is 8.28. The number of nitrogens with one attached hydrogen (secondary N) is 1. The van der Waals surface area contributed by atoms with Gasteiger partial charge in [-0.2, -0.15) is 5.10 Å². The number of hydrogen-bond acceptors (Lipinski definition) is 4. The van der Waals surface area contributed by atoms with Crippen molar-refractivity contribution in [3.8, 4) is 0 Å². The summed E-state index contributed by atoms with van der Waals surface area (Å²) in [5, 5.41) is 7.33. The van der Waals surface area contributed by atoms with Crippen molar-refractivity contribution in [2.45, 2.75) is 52.6 Å². The van der Waals surface area contributed by atoms with Gasteiger partial charge >= 0.3 is 0 Å². The van der Waals surface area contributed by atoms with E-state index in [9.17, 15) is 9.59 Å². The molecule has 0 bridgehead atoms. The largest absolute Gasteiger partial charge is 0.343 e. The molecule has 2 amide bonds. The van der Waals surface area contributed by atoms with Crippen molar-refractivity contribution < 1.29 is 9.59 Å². The van der Waals surface area contributed by atoms with Gasteiger partial charge in [0.1, 0.15) is 0 Å². The molecule has 0 unspecified atom stereocenters. The molecule has 3 heterocycles. The first-order valence-corrected chi connectivity index (χ1v) is 11.0. The highest BCUT2D eigenvalue weighted by Crippen LogP contribution is 2.23. The number of aryl methyl sites for hydroxylation is 3. The molecule has 0 atom stereocenters. The Morgan fingerprint density at radius 1 is 1.19 bits per heavy atom. The van der Waals surface area contributed by atoms with Crippen molar-refractivity contribution in [3.05, 3.63) is 42.5 Å². The molecule has 0 aliphatic carbocycles. The molecule has 1 N–H and O–H groups in total. The van der Waals surface area contributed by atoms with Gasteiger partial charge in [-0.1, -0.05) is 0 Å². The number of hydrogen-bond donors (Lipinski definition) is 1. The predicted molar refractivity (Wildman–Crippen MR) is 120 cm³/mol. The van der Waals surface area contributed by atoms with E-state index in [2.05, 4.69) is 26.9 Å². The SMILES string of the molecule is CCn1cnc2cc(NC(=O)CC3CCN(C(=O)CCn4ccc(C)n4)CC3)ccc21. The van der Waals surface area contributed by atoms with Crippen molar-refractivity contribution >= 4 is 28.5 Å². The van der Waals surface area contributed by atoms with Crippen LogP contribution in [0.5, 0.6) is 0 Å². The summed E-state index contributed by atoms with van der Waals surface area (Å²) in [6.45, 7) is 6.93. The number of rotatable bonds is 7. The van der Waals surface area contributed by atoms with Crippen LogP contribution in [0.15, 0.2) is 36.8 Å². The van der Waals surface area contributed by atoms with Gasteiger partial charge in [-0.3, -0.25) is 14.3 Å². The Morgan fingerprint density at radius 3 is 2.71 bits per heavy atom. The number of likely N-dealkylation sites (tertiary alicyclic amines) is 1. The lowest BCUT2D eigenvalue weighted by Crippen LogP contribution is -2.39. The van der Waals surface area contributed by atoms with E-state index in [-0.39, 0.29) is 11.8 Å². The maximum absolute atomic E-state index is 12.5. The Balaban J connectivity index is 1.22. The molecule has 4 rings (SSSR count). The molecule has 1 aliphatic rings. The molecule has 2 aromatic heterocycles. The van der Waals surface area contributed by atoms with Gasteiger partial charge in [-0.25, -0.2) is 4.98 Å². The van der Waals surface area contributed by atoms with Crippen molar-refractivity contribution in [1.82, 2.24) is 24.2 Å². The average Bonchev–Trinajstić information content (AvgIpc) is 3.37. The van der Waals surface area contributed by atoms with Crippen LogP contribution in [-0.2, 0) is 22.7 Å². The monoisotopic (exact) mass is 422 g/mol. The number of anilines is 1. The average molecular weight is 423 g/mol. The van der Waals surface area contributed by atoms with Gasteiger partial charge in [0.25, 0.3) is 0 Å². The standard InChI is InChI=1S/C23H30N6O2/c1-3-27-16-24-20-15-19(4-5-21(20)27)25-22(30)14-18-7-10-28(11-8-18)23(31)9-13-29-12-6-17(2)26-29/h4-6,12,15-16,18H,3,7-11,13-14H2,1-2H3,(H,25,30). The third-order valence-electron chi connectivity index (χ3n) is 6.02. The zero-order chi connectivity index (χ0) is 21.8. The molecule has 1 aromatic carbocycles. The van der Waals surface area contributed by atoms with Crippen LogP contribution in [0, 0.1) is 12.8 Å². The topological polar surface area (TPSA) is 85.0 Å². The number of aromatic nitrogens is 4. The van der Waals surface area contributed by atoms with E-state index in [1.54, 1.807) is 0 Å². The van der Waals surface area contributed by atoms with E-state index >= 15 is 0 Å². The highest BCUT2D eigenvalue weighted by atomic mass is 16.2. The van der Waals surface area contributed by atoms with Crippen molar-refractivity contribution in [2.75, 3.05) is 18.4 Å². The predicted octanol–water partition coefficient (Wildman–Crippen LogP) is 3.22. The molecule has 3 aromatic rings. The Labute approximate surface area is 182 Å². The van der Waals surface area contributed by atoms with E-state index < -0.39 is 0 Å². The number of carbonyl (C=O) groups excluding carboxylic acids is 2. The highest BCUT2D eigenvalue weighted by Gasteiger charge is 2.24. The Kier molecular flexibility index (Phi) is 6.34. The zero-order valence-electron chi connectivity index (χ0n) is 18.3. The lowest BCUT2D eigenvalue weighted by Gasteiger charge is -2.31. The van der Waals surface area contributed by atoms with E-state index in [4.69, 9.17) is 0 Å². The smallest absolute Gasteiger partial charge is 0.224 e. The summed E-state index contributed by atoms with van der Waals surface area (Å²) < 4.78 is 3.89. The number of benzene rings is 1. The lowest BCUT2D eigenvalue weighted by atomic mass is 9.93. The van der Waals surface area contributed by atoms with Crippen molar-refractivity contribution in [3.63, 3.8) is 0 Å². The second-order valence-corrected chi connectivity index (χ2v) is 8.28. The third-order valence-corrected chi connectivity index (χ3v) is 6.02. The van der Waals surface area contributed by atoms with Crippen molar-refractivity contribution in [2.24, 2.45) is 5.92 Å². The van der Waals surface area contributed by atoms with Gasteiger partial charge in [0.05, 0.1) is 23.1 Å². The van der Waals surface area contributed by atoms with E-state index in [0.717, 1.165) is 54.9 Å². The van der Waals surface area contributed by atoms with Gasteiger partial charge < -0.3 is 14.8 Å². The fraction of sp³-hybridized carbons (Fsp3) is 0.478. The Bertz CT molecular complexity index is 1060. The summed E-state index contributed by atoms with van der Waals surface area (Å²) >= 11 is 0. The Morgan fingerprint density at radius 2 is 2.00 bits per heavy atom. The summed E-state index contributed by atoms with van der Waals surface area (Å²) in [7, 11) is 0. The summed E-state index contributed by atoms with van der Waals surface area (Å²) in [4.78, 5) is 31.3. The third kappa shape index (κ3) is 5.13. The summed E-state index contributed by atoms with van der Waals surface area (Å²) in [5.41, 5.74) is 3.69. The molecular formula is C23H30N6O2. The molecule has 8 nitrogen and oxygen atoms in total.